The van der Waals surface area contributed by atoms with Gasteiger partial charge in [0, 0.05) is 51.4 Å². The van der Waals surface area contributed by atoms with Gasteiger partial charge in [0.15, 0.2) is 0 Å². The lowest BCUT2D eigenvalue weighted by molar-refractivity contribution is 0.0951. The minimum Gasteiger partial charge on any atom is -0.348 e. The SMILES string of the molecule is O=C(NCc1ccccc1)c1ccc2c(c1)nc(Nc1cccc(Cl)c1)c1ccncc12. The number of carbonyl (C=O) groups excluding carboxylic acids is 1. The van der Waals surface area contributed by atoms with Crippen LogP contribution in [0.25, 0.3) is 21.7 Å². The van der Waals surface area contributed by atoms with E-state index in [0.717, 1.165) is 27.4 Å². The minimum absolute atomic E-state index is 0.145. The van der Waals surface area contributed by atoms with E-state index in [2.05, 4.69) is 15.6 Å². The molecular weight excluding hydrogens is 420 g/mol. The summed E-state index contributed by atoms with van der Waals surface area (Å²) in [5.74, 6) is 0.534. The normalized spacial score (nSPS) is 10.9. The maximum Gasteiger partial charge on any atom is 0.251 e. The molecule has 0 saturated carbocycles. The molecule has 0 saturated heterocycles. The molecule has 156 valence electrons. The van der Waals surface area contributed by atoms with Gasteiger partial charge in [-0.2, -0.15) is 0 Å². The van der Waals surface area contributed by atoms with Crippen molar-refractivity contribution in [2.75, 3.05) is 5.32 Å². The lowest BCUT2D eigenvalue weighted by Gasteiger charge is -2.12. The fourth-order valence-corrected chi connectivity index (χ4v) is 3.86. The summed E-state index contributed by atoms with van der Waals surface area (Å²) in [5.41, 5.74) is 3.14. The summed E-state index contributed by atoms with van der Waals surface area (Å²) in [6.07, 6.45) is 3.56. The van der Waals surface area contributed by atoms with Crippen molar-refractivity contribution in [1.82, 2.24) is 15.3 Å². The van der Waals surface area contributed by atoms with E-state index in [1.165, 1.54) is 0 Å². The number of nitrogens with zero attached hydrogens (tertiary/aromatic N) is 2. The van der Waals surface area contributed by atoms with Crippen molar-refractivity contribution in [3.8, 4) is 0 Å². The van der Waals surface area contributed by atoms with Crippen LogP contribution in [-0.2, 0) is 6.54 Å². The molecule has 3 aromatic carbocycles. The van der Waals surface area contributed by atoms with Crippen LogP contribution in [0.15, 0.2) is 91.3 Å². The number of fused-ring (bicyclic) bond motifs is 3. The first-order valence-corrected chi connectivity index (χ1v) is 10.6. The van der Waals surface area contributed by atoms with Crippen LogP contribution in [0, 0.1) is 0 Å². The zero-order chi connectivity index (χ0) is 21.9. The van der Waals surface area contributed by atoms with Crippen LogP contribution < -0.4 is 10.6 Å². The highest BCUT2D eigenvalue weighted by Crippen LogP contribution is 2.31. The predicted molar refractivity (Wildman–Crippen MR) is 129 cm³/mol. The van der Waals surface area contributed by atoms with Crippen LogP contribution in [-0.4, -0.2) is 15.9 Å². The van der Waals surface area contributed by atoms with Gasteiger partial charge >= 0.3 is 0 Å². The molecular formula is C26H19ClN4O. The topological polar surface area (TPSA) is 66.9 Å². The maximum atomic E-state index is 12.8. The number of amides is 1. The summed E-state index contributed by atoms with van der Waals surface area (Å²) in [6, 6.07) is 24.8. The molecule has 0 aliphatic rings. The van der Waals surface area contributed by atoms with E-state index in [1.54, 1.807) is 6.20 Å². The Balaban J connectivity index is 1.52. The summed E-state index contributed by atoms with van der Waals surface area (Å²) in [7, 11) is 0. The number of hydrogen-bond acceptors (Lipinski definition) is 4. The second kappa shape index (κ2) is 8.65. The van der Waals surface area contributed by atoms with Gasteiger partial charge < -0.3 is 10.6 Å². The van der Waals surface area contributed by atoms with E-state index < -0.39 is 0 Å². The Kier molecular flexibility index (Phi) is 5.40. The second-order valence-electron chi connectivity index (χ2n) is 7.42. The monoisotopic (exact) mass is 438 g/mol. The number of hydrogen-bond donors (Lipinski definition) is 2. The van der Waals surface area contributed by atoms with Gasteiger partial charge in [0.05, 0.1) is 5.52 Å². The Bertz CT molecular complexity index is 1440. The Labute approximate surface area is 190 Å². The molecule has 5 nitrogen and oxygen atoms in total. The van der Waals surface area contributed by atoms with Crippen molar-refractivity contribution in [1.29, 1.82) is 0 Å². The number of benzene rings is 3. The van der Waals surface area contributed by atoms with Crippen LogP contribution in [0.1, 0.15) is 15.9 Å². The second-order valence-corrected chi connectivity index (χ2v) is 7.85. The van der Waals surface area contributed by atoms with E-state index in [0.29, 0.717) is 28.5 Å². The molecule has 32 heavy (non-hydrogen) atoms. The highest BCUT2D eigenvalue weighted by molar-refractivity contribution is 6.30. The number of rotatable bonds is 5. The van der Waals surface area contributed by atoms with Gasteiger partial charge in [-0.3, -0.25) is 9.78 Å². The zero-order valence-electron chi connectivity index (χ0n) is 17.0. The summed E-state index contributed by atoms with van der Waals surface area (Å²) < 4.78 is 0. The number of halogens is 1. The van der Waals surface area contributed by atoms with E-state index in [1.807, 2.05) is 85.1 Å². The largest absolute Gasteiger partial charge is 0.348 e. The average Bonchev–Trinajstić information content (AvgIpc) is 2.83. The standard InChI is InChI=1S/C26H19ClN4O/c27-19-7-4-8-20(14-19)30-25-22-11-12-28-16-23(22)21-10-9-18(13-24(21)31-25)26(32)29-15-17-5-2-1-3-6-17/h1-14,16H,15H2,(H,29,32)(H,30,31). The lowest BCUT2D eigenvalue weighted by Crippen LogP contribution is -2.22. The first-order chi connectivity index (χ1) is 15.7. The Morgan fingerprint density at radius 1 is 0.875 bits per heavy atom. The van der Waals surface area contributed by atoms with Gasteiger partial charge in [0.1, 0.15) is 5.82 Å². The number of pyridine rings is 2. The number of aromatic nitrogens is 2. The zero-order valence-corrected chi connectivity index (χ0v) is 17.8. The van der Waals surface area contributed by atoms with Crippen LogP contribution in [0.5, 0.6) is 0 Å². The highest BCUT2D eigenvalue weighted by atomic mass is 35.5. The van der Waals surface area contributed by atoms with Crippen LogP contribution in [0.2, 0.25) is 5.02 Å². The van der Waals surface area contributed by atoms with Crippen LogP contribution >= 0.6 is 11.6 Å². The van der Waals surface area contributed by atoms with E-state index >= 15 is 0 Å². The van der Waals surface area contributed by atoms with Gasteiger partial charge in [-0.05, 0) is 42.0 Å². The third-order valence-corrected chi connectivity index (χ3v) is 5.48. The van der Waals surface area contributed by atoms with Crippen molar-refractivity contribution >= 4 is 50.7 Å². The van der Waals surface area contributed by atoms with Gasteiger partial charge in [-0.1, -0.05) is 54.1 Å². The third-order valence-electron chi connectivity index (χ3n) is 5.24. The molecule has 5 aromatic rings. The maximum absolute atomic E-state index is 12.8. The molecule has 0 spiro atoms. The van der Waals surface area contributed by atoms with E-state index in [-0.39, 0.29) is 5.91 Å². The number of nitrogens with one attached hydrogen (secondary N) is 2. The Morgan fingerprint density at radius 3 is 2.59 bits per heavy atom. The average molecular weight is 439 g/mol. The van der Waals surface area contributed by atoms with Crippen molar-refractivity contribution in [3.63, 3.8) is 0 Å². The molecule has 0 bridgehead atoms. The molecule has 1 amide bonds. The molecule has 6 heteroatoms. The summed E-state index contributed by atoms with van der Waals surface area (Å²) >= 11 is 6.14. The molecule has 0 unspecified atom stereocenters. The number of anilines is 2. The van der Waals surface area contributed by atoms with Crippen molar-refractivity contribution in [3.05, 3.63) is 107 Å². The van der Waals surface area contributed by atoms with Gasteiger partial charge in [-0.25, -0.2) is 4.98 Å². The van der Waals surface area contributed by atoms with Gasteiger partial charge in [0.2, 0.25) is 0 Å². The van der Waals surface area contributed by atoms with Gasteiger partial charge in [-0.15, -0.1) is 0 Å². The van der Waals surface area contributed by atoms with Crippen molar-refractivity contribution in [2.24, 2.45) is 0 Å². The highest BCUT2D eigenvalue weighted by Gasteiger charge is 2.12. The smallest absolute Gasteiger partial charge is 0.251 e. The molecule has 5 rings (SSSR count). The van der Waals surface area contributed by atoms with Gasteiger partial charge in [0.25, 0.3) is 5.91 Å². The van der Waals surface area contributed by atoms with Crippen molar-refractivity contribution < 1.29 is 4.79 Å². The van der Waals surface area contributed by atoms with E-state index in [9.17, 15) is 4.79 Å². The molecule has 0 radical (unpaired) electrons. The molecule has 0 atom stereocenters. The first kappa shape index (κ1) is 20.0. The summed E-state index contributed by atoms with van der Waals surface area (Å²) in [4.78, 5) is 21.9. The predicted octanol–water partition coefficient (Wildman–Crippen LogP) is 6.11. The van der Waals surface area contributed by atoms with Crippen molar-refractivity contribution in [2.45, 2.75) is 6.54 Å². The van der Waals surface area contributed by atoms with Crippen LogP contribution in [0.3, 0.4) is 0 Å². The molecule has 0 aliphatic heterocycles. The fraction of sp³-hybridized carbons (Fsp3) is 0.0385. The number of carbonyl (C=O) groups is 1. The molecule has 2 N–H and O–H groups in total. The molecule has 2 aromatic heterocycles. The third kappa shape index (κ3) is 4.11. The quantitative estimate of drug-likeness (QED) is 0.325. The molecule has 2 heterocycles. The molecule has 0 aliphatic carbocycles. The molecule has 0 fully saturated rings. The van der Waals surface area contributed by atoms with Crippen LogP contribution in [0.4, 0.5) is 11.5 Å². The Hall–Kier alpha value is -3.96. The fourth-order valence-electron chi connectivity index (χ4n) is 3.67. The summed E-state index contributed by atoms with van der Waals surface area (Å²) in [6.45, 7) is 0.467. The minimum atomic E-state index is -0.145. The first-order valence-electron chi connectivity index (χ1n) is 10.2. The Morgan fingerprint density at radius 2 is 1.75 bits per heavy atom. The van der Waals surface area contributed by atoms with E-state index in [4.69, 9.17) is 16.6 Å². The lowest BCUT2D eigenvalue weighted by atomic mass is 10.1. The summed E-state index contributed by atoms with van der Waals surface area (Å²) in [5, 5.41) is 9.79.